The van der Waals surface area contributed by atoms with E-state index in [-0.39, 0.29) is 90.1 Å². The summed E-state index contributed by atoms with van der Waals surface area (Å²) in [5.74, 6) is -12.2. The number of fused-ring (bicyclic) bond motifs is 4. The molecule has 21 nitrogen and oxygen atoms in total. The molecule has 12 rings (SSSR count). The topological polar surface area (TPSA) is 381 Å². The third-order valence-electron chi connectivity index (χ3n) is 15.7. The molecule has 416 valence electrons. The highest BCUT2D eigenvalue weighted by Gasteiger charge is 2.51. The van der Waals surface area contributed by atoms with Gasteiger partial charge in [0.25, 0.3) is 0 Å². The molecule has 0 fully saturated rings. The van der Waals surface area contributed by atoms with Gasteiger partial charge < -0.3 is 106 Å². The summed E-state index contributed by atoms with van der Waals surface area (Å²) in [7, 11) is 0. The summed E-state index contributed by atoms with van der Waals surface area (Å²) in [4.78, 5) is 0. The van der Waals surface area contributed by atoms with E-state index in [4.69, 9.17) is 18.9 Å². The molecule has 0 aliphatic carbocycles. The van der Waals surface area contributed by atoms with Gasteiger partial charge in [-0.1, -0.05) is 36.4 Å². The SMILES string of the molecule is Oc1ccc2c(c1)O[C@@H](c1ccc(O)c(O)c1)[C@H](O)[C@H]2c1cc2c(cc1O)O[C@@H](c1ccc(O)c(O)c1)[C@H](O)[C@@H]2c1c(O)c([C@@H]2c3ccc(O)cc3O[C@@H](c3ccc(O)c(O)c3)[C@@H]2O)c(O)c2c1O[C@@H](c1ccc(O)c(O)c1)[C@@H](O)C2. The number of aliphatic hydroxyl groups excluding tert-OH is 4. The number of aliphatic hydroxyl groups is 4. The van der Waals surface area contributed by atoms with E-state index in [1.165, 1.54) is 78.9 Å². The molecule has 0 saturated heterocycles. The van der Waals surface area contributed by atoms with Crippen molar-refractivity contribution in [2.45, 2.75) is 73.0 Å². The van der Waals surface area contributed by atoms with Crippen molar-refractivity contribution in [2.75, 3.05) is 0 Å². The van der Waals surface area contributed by atoms with Gasteiger partial charge in [-0.25, -0.2) is 0 Å². The highest BCUT2D eigenvalue weighted by molar-refractivity contribution is 5.71. The van der Waals surface area contributed by atoms with Crippen molar-refractivity contribution in [1.82, 2.24) is 0 Å². The molecule has 8 aromatic rings. The van der Waals surface area contributed by atoms with Gasteiger partial charge in [0.05, 0.1) is 6.10 Å². The summed E-state index contributed by atoms with van der Waals surface area (Å²) in [5.41, 5.74) is -0.427. The molecule has 4 aliphatic rings. The Bertz CT molecular complexity index is 3860. The number of phenols is 13. The second-order valence-electron chi connectivity index (χ2n) is 20.5. The third kappa shape index (κ3) is 8.48. The van der Waals surface area contributed by atoms with Crippen molar-refractivity contribution in [2.24, 2.45) is 0 Å². The smallest absolute Gasteiger partial charge is 0.157 e. The van der Waals surface area contributed by atoms with E-state index < -0.39 is 142 Å². The highest BCUT2D eigenvalue weighted by atomic mass is 16.5. The minimum Gasteiger partial charge on any atom is -0.508 e. The van der Waals surface area contributed by atoms with Gasteiger partial charge in [-0.2, -0.15) is 0 Å². The normalized spacial score (nSPS) is 24.4. The quantitative estimate of drug-likeness (QED) is 0.0731. The van der Waals surface area contributed by atoms with Gasteiger partial charge in [-0.15, -0.1) is 0 Å². The van der Waals surface area contributed by atoms with Gasteiger partial charge >= 0.3 is 0 Å². The van der Waals surface area contributed by atoms with Crippen LogP contribution in [0.25, 0.3) is 0 Å². The molecule has 0 spiro atoms. The summed E-state index contributed by atoms with van der Waals surface area (Å²) in [6.45, 7) is 0. The Morgan fingerprint density at radius 2 is 0.704 bits per heavy atom. The van der Waals surface area contributed by atoms with Gasteiger partial charge in [0.2, 0.25) is 0 Å². The molecule has 11 atom stereocenters. The van der Waals surface area contributed by atoms with Crippen molar-refractivity contribution >= 4 is 0 Å². The van der Waals surface area contributed by atoms with Crippen molar-refractivity contribution in [1.29, 1.82) is 0 Å². The van der Waals surface area contributed by atoms with Gasteiger partial charge in [-0.3, -0.25) is 0 Å². The predicted octanol–water partition coefficient (Wildman–Crippen LogP) is 6.78. The van der Waals surface area contributed by atoms with Crippen LogP contribution < -0.4 is 18.9 Å². The molecule has 0 aromatic heterocycles. The molecular formula is C60H50O21. The minimum absolute atomic E-state index is 0.0256. The van der Waals surface area contributed by atoms with Crippen LogP contribution in [0, 0.1) is 0 Å². The summed E-state index contributed by atoms with van der Waals surface area (Å²) < 4.78 is 25.7. The Hall–Kier alpha value is -9.80. The second kappa shape index (κ2) is 19.2. The van der Waals surface area contributed by atoms with Crippen molar-refractivity contribution in [3.05, 3.63) is 183 Å². The summed E-state index contributed by atoms with van der Waals surface area (Å²) in [6, 6.07) is 24.9. The molecular weight excluding hydrogens is 1060 g/mol. The first-order chi connectivity index (χ1) is 38.7. The van der Waals surface area contributed by atoms with Crippen molar-refractivity contribution in [3.8, 4) is 97.7 Å². The Morgan fingerprint density at radius 3 is 1.15 bits per heavy atom. The predicted molar refractivity (Wildman–Crippen MR) is 280 cm³/mol. The molecule has 8 aromatic carbocycles. The average molecular weight is 1110 g/mol. The monoisotopic (exact) mass is 1110 g/mol. The molecule has 0 saturated carbocycles. The zero-order chi connectivity index (χ0) is 57.2. The number of rotatable bonds is 7. The molecule has 4 aliphatic heterocycles. The van der Waals surface area contributed by atoms with E-state index in [2.05, 4.69) is 0 Å². The van der Waals surface area contributed by atoms with Crippen LogP contribution in [0.1, 0.15) is 103 Å². The fraction of sp³-hybridized carbons (Fsp3) is 0.200. The maximum atomic E-state index is 13.5. The van der Waals surface area contributed by atoms with Gasteiger partial charge in [0, 0.05) is 81.3 Å². The van der Waals surface area contributed by atoms with Crippen LogP contribution in [0.3, 0.4) is 0 Å². The first-order valence-corrected chi connectivity index (χ1v) is 25.3. The highest BCUT2D eigenvalue weighted by Crippen LogP contribution is 2.62. The molecule has 0 amide bonds. The first kappa shape index (κ1) is 51.9. The van der Waals surface area contributed by atoms with Crippen molar-refractivity contribution < 1.29 is 106 Å². The Balaban J connectivity index is 1.13. The zero-order valence-corrected chi connectivity index (χ0v) is 41.8. The van der Waals surface area contributed by atoms with Crippen LogP contribution in [0.15, 0.2) is 121 Å². The Morgan fingerprint density at radius 1 is 0.309 bits per heavy atom. The van der Waals surface area contributed by atoms with E-state index in [1.807, 2.05) is 0 Å². The lowest BCUT2D eigenvalue weighted by atomic mass is 9.72. The average Bonchev–Trinajstić information content (AvgIpc) is 3.52. The molecule has 17 N–H and O–H groups in total. The summed E-state index contributed by atoms with van der Waals surface area (Å²) >= 11 is 0. The van der Waals surface area contributed by atoms with E-state index in [0.29, 0.717) is 0 Å². The van der Waals surface area contributed by atoms with Crippen LogP contribution in [0.5, 0.6) is 97.7 Å². The van der Waals surface area contributed by atoms with Gasteiger partial charge in [-0.05, 0) is 89.0 Å². The number of hydrogen-bond acceptors (Lipinski definition) is 21. The van der Waals surface area contributed by atoms with Crippen LogP contribution >= 0.6 is 0 Å². The molecule has 0 bridgehead atoms. The number of ether oxygens (including phenoxy) is 4. The lowest BCUT2D eigenvalue weighted by Gasteiger charge is -2.43. The Labute approximate surface area is 457 Å². The Kier molecular flexibility index (Phi) is 12.3. The van der Waals surface area contributed by atoms with Gasteiger partial charge in [0.1, 0.15) is 76.2 Å². The molecule has 0 unspecified atom stereocenters. The number of benzene rings is 8. The fourth-order valence-electron chi connectivity index (χ4n) is 11.8. The molecule has 81 heavy (non-hydrogen) atoms. The molecule has 4 heterocycles. The maximum Gasteiger partial charge on any atom is 0.157 e. The van der Waals surface area contributed by atoms with E-state index in [0.717, 1.165) is 42.5 Å². The lowest BCUT2D eigenvalue weighted by molar-refractivity contribution is -0.000202. The van der Waals surface area contributed by atoms with Crippen molar-refractivity contribution in [3.63, 3.8) is 0 Å². The van der Waals surface area contributed by atoms with E-state index >= 15 is 0 Å². The number of hydrogen-bond donors (Lipinski definition) is 17. The molecule has 21 heteroatoms. The first-order valence-electron chi connectivity index (χ1n) is 25.3. The summed E-state index contributed by atoms with van der Waals surface area (Å²) in [6.07, 6.45) is -13.3. The van der Waals surface area contributed by atoms with Crippen LogP contribution in [-0.2, 0) is 6.42 Å². The van der Waals surface area contributed by atoms with Crippen LogP contribution in [0.4, 0.5) is 0 Å². The third-order valence-corrected chi connectivity index (χ3v) is 15.7. The summed E-state index contributed by atoms with van der Waals surface area (Å²) in [5, 5.41) is 194. The minimum atomic E-state index is -1.94. The largest absolute Gasteiger partial charge is 0.508 e. The maximum absolute atomic E-state index is 13.5. The standard InChI is InChI=1S/C60H50O21/c61-26-5-7-28-43(17-26)78-57(23-2-10-34(64)39(69)14-23)53(75)46(28)30-19-31-45(21-37(30)67)80-59(25-4-12-36(66)41(71)16-25)55(77)48(31)50-52(74)49(51(73)32-20-42(72)56(81-60(32)50)22-1-9-33(63)38(68)13-22)47-29-8-6-27(62)18-44(29)79-58(54(47)76)24-3-11-35(65)40(70)15-24/h1-19,21,42,46-48,53-59,61-77H,20H2/t42-,46+,47-,48-,53+,54+,55+,56-,57-,58-,59-/m0/s1. The second-order valence-corrected chi connectivity index (χ2v) is 20.5. The number of phenolic OH excluding ortho intramolecular Hbond substituents is 13. The van der Waals surface area contributed by atoms with Crippen LogP contribution in [-0.4, -0.2) is 111 Å². The zero-order valence-electron chi connectivity index (χ0n) is 41.8. The lowest BCUT2D eigenvalue weighted by Crippen LogP contribution is -2.38. The van der Waals surface area contributed by atoms with Gasteiger partial charge in [0.15, 0.2) is 64.3 Å². The fourth-order valence-corrected chi connectivity index (χ4v) is 11.8. The number of aromatic hydroxyl groups is 13. The van der Waals surface area contributed by atoms with E-state index in [9.17, 15) is 86.8 Å². The molecule has 0 radical (unpaired) electrons. The van der Waals surface area contributed by atoms with E-state index in [1.54, 1.807) is 0 Å². The van der Waals surface area contributed by atoms with Crippen LogP contribution in [0.2, 0.25) is 0 Å².